The van der Waals surface area contributed by atoms with E-state index >= 15 is 0 Å². The zero-order valence-electron chi connectivity index (χ0n) is 17.2. The summed E-state index contributed by atoms with van der Waals surface area (Å²) in [4.78, 5) is 12.2. The van der Waals surface area contributed by atoms with Crippen LogP contribution in [0, 0.1) is 0 Å². The molecule has 3 rings (SSSR count). The molecule has 30 heavy (non-hydrogen) atoms. The molecule has 3 aromatic carbocycles. The first-order chi connectivity index (χ1) is 14.6. The monoisotopic (exact) mass is 470 g/mol. The van der Waals surface area contributed by atoms with Gasteiger partial charge in [-0.3, -0.25) is 0 Å². The van der Waals surface area contributed by atoms with Crippen LogP contribution in [0.5, 0.6) is 17.2 Å². The Labute approximate surface area is 186 Å². The molecule has 0 amide bonds. The molecule has 0 radical (unpaired) electrons. The molecular formula is C25H27BrO4. The largest absolute Gasteiger partial charge is 0.493 e. The van der Waals surface area contributed by atoms with E-state index in [9.17, 15) is 4.79 Å². The zero-order chi connectivity index (χ0) is 21.2. The van der Waals surface area contributed by atoms with Gasteiger partial charge in [0.25, 0.3) is 0 Å². The summed E-state index contributed by atoms with van der Waals surface area (Å²) in [5.41, 5.74) is 0. The Kier molecular flexibility index (Phi) is 8.57. The molecule has 158 valence electrons. The Balaban J connectivity index is 1.46. The van der Waals surface area contributed by atoms with Crippen molar-refractivity contribution in [2.45, 2.75) is 39.0 Å². The number of hydrogen-bond donors (Lipinski definition) is 0. The minimum atomic E-state index is -0.450. The van der Waals surface area contributed by atoms with Crippen molar-refractivity contribution in [2.75, 3.05) is 13.2 Å². The summed E-state index contributed by atoms with van der Waals surface area (Å²) in [7, 11) is 0. The Bertz CT molecular complexity index is 970. The van der Waals surface area contributed by atoms with Gasteiger partial charge in [0.05, 0.1) is 6.61 Å². The van der Waals surface area contributed by atoms with Gasteiger partial charge in [-0.15, -0.1) is 0 Å². The topological polar surface area (TPSA) is 44.8 Å². The van der Waals surface area contributed by atoms with Crippen LogP contribution < -0.4 is 14.2 Å². The highest BCUT2D eigenvalue weighted by atomic mass is 79.9. The molecule has 0 aliphatic carbocycles. The van der Waals surface area contributed by atoms with Crippen LogP contribution in [0.2, 0.25) is 0 Å². The average Bonchev–Trinajstić information content (AvgIpc) is 2.75. The molecule has 0 atom stereocenters. The fourth-order valence-corrected chi connectivity index (χ4v) is 3.49. The number of fused-ring (bicyclic) bond motifs is 1. The van der Waals surface area contributed by atoms with Crippen molar-refractivity contribution in [3.63, 3.8) is 0 Å². The minimum Gasteiger partial charge on any atom is -0.493 e. The van der Waals surface area contributed by atoms with E-state index in [4.69, 9.17) is 14.2 Å². The van der Waals surface area contributed by atoms with E-state index < -0.39 is 5.97 Å². The second kappa shape index (κ2) is 11.6. The quantitative estimate of drug-likeness (QED) is 0.173. The van der Waals surface area contributed by atoms with Gasteiger partial charge in [0.1, 0.15) is 17.2 Å². The third-order valence-corrected chi connectivity index (χ3v) is 5.18. The van der Waals surface area contributed by atoms with Crippen LogP contribution in [-0.2, 0) is 4.79 Å². The normalized spacial score (nSPS) is 10.7. The van der Waals surface area contributed by atoms with E-state index in [1.165, 1.54) is 25.7 Å². The van der Waals surface area contributed by atoms with Gasteiger partial charge in [-0.1, -0.05) is 66.7 Å². The molecule has 0 unspecified atom stereocenters. The minimum absolute atomic E-state index is 0.168. The number of unbranched alkanes of at least 4 members (excludes halogenated alkanes) is 4. The average molecular weight is 471 g/mol. The van der Waals surface area contributed by atoms with E-state index in [0.717, 1.165) is 27.4 Å². The van der Waals surface area contributed by atoms with Gasteiger partial charge in [-0.25, -0.2) is 4.79 Å². The van der Waals surface area contributed by atoms with Crippen LogP contribution in [0.15, 0.2) is 65.1 Å². The third-order valence-electron chi connectivity index (χ3n) is 4.68. The molecule has 0 spiro atoms. The standard InChI is InChI=1S/C25H27BrO4/c1-2-3-4-5-6-14-28-22-8-7-9-23(17-22)29-18-25(27)30-24-13-11-19-15-21(26)12-10-20(19)16-24/h7-13,15-17H,2-6,14,18H2,1H3. The van der Waals surface area contributed by atoms with Crippen LogP contribution in [-0.4, -0.2) is 19.2 Å². The molecule has 0 saturated heterocycles. The molecule has 0 bridgehead atoms. The highest BCUT2D eigenvalue weighted by Gasteiger charge is 2.08. The zero-order valence-corrected chi connectivity index (χ0v) is 18.8. The number of rotatable bonds is 11. The van der Waals surface area contributed by atoms with Gasteiger partial charge in [-0.05, 0) is 53.6 Å². The maximum absolute atomic E-state index is 12.2. The second-order valence-corrected chi connectivity index (χ2v) is 8.07. The summed E-state index contributed by atoms with van der Waals surface area (Å²) in [5.74, 6) is 1.38. The van der Waals surface area contributed by atoms with Crippen LogP contribution in [0.4, 0.5) is 0 Å². The first kappa shape index (κ1) is 22.2. The van der Waals surface area contributed by atoms with Crippen molar-refractivity contribution in [3.8, 4) is 17.2 Å². The Morgan fingerprint density at radius 3 is 2.37 bits per heavy atom. The highest BCUT2D eigenvalue weighted by molar-refractivity contribution is 9.10. The lowest BCUT2D eigenvalue weighted by Crippen LogP contribution is -2.17. The maximum Gasteiger partial charge on any atom is 0.349 e. The molecule has 4 nitrogen and oxygen atoms in total. The van der Waals surface area contributed by atoms with Gasteiger partial charge in [0.2, 0.25) is 0 Å². The number of halogens is 1. The molecule has 0 aliphatic heterocycles. The van der Waals surface area contributed by atoms with Crippen molar-refractivity contribution >= 4 is 32.7 Å². The van der Waals surface area contributed by atoms with Gasteiger partial charge < -0.3 is 14.2 Å². The molecule has 0 aromatic heterocycles. The van der Waals surface area contributed by atoms with E-state index in [2.05, 4.69) is 22.9 Å². The van der Waals surface area contributed by atoms with Crippen molar-refractivity contribution in [3.05, 3.63) is 65.1 Å². The maximum atomic E-state index is 12.2. The summed E-state index contributed by atoms with van der Waals surface area (Å²) >= 11 is 3.45. The number of carbonyl (C=O) groups is 1. The summed E-state index contributed by atoms with van der Waals surface area (Å²) in [6.45, 7) is 2.73. The first-order valence-corrected chi connectivity index (χ1v) is 11.2. The molecular weight excluding hydrogens is 444 g/mol. The van der Waals surface area contributed by atoms with Crippen LogP contribution in [0.3, 0.4) is 0 Å². The van der Waals surface area contributed by atoms with Crippen molar-refractivity contribution in [1.82, 2.24) is 0 Å². The fraction of sp³-hybridized carbons (Fsp3) is 0.320. The second-order valence-electron chi connectivity index (χ2n) is 7.15. The lowest BCUT2D eigenvalue weighted by atomic mass is 10.1. The predicted octanol–water partition coefficient (Wildman–Crippen LogP) is 6.94. The summed E-state index contributed by atoms with van der Waals surface area (Å²) in [6, 6.07) is 18.8. The summed E-state index contributed by atoms with van der Waals surface area (Å²) in [5, 5.41) is 2.08. The van der Waals surface area contributed by atoms with Crippen molar-refractivity contribution in [1.29, 1.82) is 0 Å². The fourth-order valence-electron chi connectivity index (χ4n) is 3.11. The van der Waals surface area contributed by atoms with E-state index in [-0.39, 0.29) is 6.61 Å². The predicted molar refractivity (Wildman–Crippen MR) is 123 cm³/mol. The van der Waals surface area contributed by atoms with Gasteiger partial charge in [-0.2, -0.15) is 0 Å². The SMILES string of the molecule is CCCCCCCOc1cccc(OCC(=O)Oc2ccc3cc(Br)ccc3c2)c1. The van der Waals surface area contributed by atoms with Crippen LogP contribution in [0.25, 0.3) is 10.8 Å². The summed E-state index contributed by atoms with van der Waals surface area (Å²) in [6.07, 6.45) is 5.99. The lowest BCUT2D eigenvalue weighted by molar-refractivity contribution is -0.136. The van der Waals surface area contributed by atoms with E-state index in [0.29, 0.717) is 18.1 Å². The van der Waals surface area contributed by atoms with Gasteiger partial charge in [0, 0.05) is 10.5 Å². The number of ether oxygens (including phenoxy) is 3. The van der Waals surface area contributed by atoms with Crippen LogP contribution >= 0.6 is 15.9 Å². The van der Waals surface area contributed by atoms with Gasteiger partial charge in [0.15, 0.2) is 6.61 Å². The smallest absolute Gasteiger partial charge is 0.349 e. The summed E-state index contributed by atoms with van der Waals surface area (Å²) < 4.78 is 17.8. The van der Waals surface area contributed by atoms with Gasteiger partial charge >= 0.3 is 5.97 Å². The molecule has 5 heteroatoms. The van der Waals surface area contributed by atoms with Crippen LogP contribution in [0.1, 0.15) is 39.0 Å². The Morgan fingerprint density at radius 2 is 1.53 bits per heavy atom. The third kappa shape index (κ3) is 7.06. The van der Waals surface area contributed by atoms with Crippen molar-refractivity contribution < 1.29 is 19.0 Å². The molecule has 3 aromatic rings. The molecule has 0 aliphatic rings. The number of carbonyl (C=O) groups excluding carboxylic acids is 1. The number of esters is 1. The molecule has 0 N–H and O–H groups in total. The molecule has 0 fully saturated rings. The molecule has 0 saturated carbocycles. The van der Waals surface area contributed by atoms with Crippen molar-refractivity contribution in [2.24, 2.45) is 0 Å². The van der Waals surface area contributed by atoms with E-state index in [1.807, 2.05) is 42.5 Å². The Hall–Kier alpha value is -2.53. The first-order valence-electron chi connectivity index (χ1n) is 10.4. The number of benzene rings is 3. The highest BCUT2D eigenvalue weighted by Crippen LogP contribution is 2.24. The Morgan fingerprint density at radius 1 is 0.800 bits per heavy atom. The van der Waals surface area contributed by atoms with E-state index in [1.54, 1.807) is 18.2 Å². The molecule has 0 heterocycles. The number of hydrogen-bond acceptors (Lipinski definition) is 4. The lowest BCUT2D eigenvalue weighted by Gasteiger charge is -2.10.